The summed E-state index contributed by atoms with van der Waals surface area (Å²) in [7, 11) is 3.41. The molecule has 1 N–H and O–H groups in total. The number of nitrogens with zero attached hydrogens (tertiary/aromatic N) is 2. The molecule has 0 aliphatic carbocycles. The number of benzene rings is 2. The number of hydrogen-bond donors (Lipinski definition) is 1. The summed E-state index contributed by atoms with van der Waals surface area (Å²) in [5.74, 6) is 0.181. The van der Waals surface area contributed by atoms with E-state index in [2.05, 4.69) is 5.43 Å². The van der Waals surface area contributed by atoms with Gasteiger partial charge in [-0.2, -0.15) is 0 Å². The lowest BCUT2D eigenvalue weighted by Gasteiger charge is -2.12. The van der Waals surface area contributed by atoms with Gasteiger partial charge in [0.1, 0.15) is 5.75 Å². The number of carbonyl (C=O) groups excluding carboxylic acids is 1. The average molecular weight is 336 g/mol. The minimum Gasteiger partial charge on any atom is -0.450 e. The standard InChI is InChI=1S/C15H14ClN3O4/c1-18(2)17-15(20)10-3-6-12(7-4-10)23-14-8-5-11(16)9-13(14)19(21)22/h3-9H,1-2H3,(H,17,20). The summed E-state index contributed by atoms with van der Waals surface area (Å²) < 4.78 is 5.50. The van der Waals surface area contributed by atoms with Crippen molar-refractivity contribution in [2.24, 2.45) is 0 Å². The Bertz CT molecular complexity index is 732. The molecule has 0 fully saturated rings. The molecule has 0 aliphatic rings. The number of halogens is 1. The minimum absolute atomic E-state index is 0.0740. The van der Waals surface area contributed by atoms with E-state index in [1.807, 2.05) is 0 Å². The summed E-state index contributed by atoms with van der Waals surface area (Å²) in [6, 6.07) is 10.4. The van der Waals surface area contributed by atoms with Crippen LogP contribution in [0.5, 0.6) is 11.5 Å². The smallest absolute Gasteiger partial charge is 0.313 e. The number of amides is 1. The molecule has 0 unspecified atom stereocenters. The second-order valence-corrected chi connectivity index (χ2v) is 5.27. The number of hydrazine groups is 1. The second kappa shape index (κ2) is 7.08. The first-order valence-corrected chi connectivity index (χ1v) is 6.95. The number of rotatable bonds is 5. The van der Waals surface area contributed by atoms with Crippen LogP contribution in [0, 0.1) is 10.1 Å². The molecular weight excluding hydrogens is 322 g/mol. The van der Waals surface area contributed by atoms with Gasteiger partial charge in [-0.1, -0.05) is 11.6 Å². The summed E-state index contributed by atoms with van der Waals surface area (Å²) in [6.07, 6.45) is 0. The molecule has 120 valence electrons. The van der Waals surface area contributed by atoms with Gasteiger partial charge in [0.2, 0.25) is 5.75 Å². The molecule has 8 heteroatoms. The minimum atomic E-state index is -0.569. The van der Waals surface area contributed by atoms with Crippen LogP contribution >= 0.6 is 11.6 Å². The normalized spacial score (nSPS) is 10.4. The SMILES string of the molecule is CN(C)NC(=O)c1ccc(Oc2ccc(Cl)cc2[N+](=O)[O-])cc1. The van der Waals surface area contributed by atoms with Crippen molar-refractivity contribution in [3.63, 3.8) is 0 Å². The van der Waals surface area contributed by atoms with Crippen LogP contribution < -0.4 is 10.2 Å². The van der Waals surface area contributed by atoms with Gasteiger partial charge in [-0.25, -0.2) is 5.01 Å². The third kappa shape index (κ3) is 4.41. The van der Waals surface area contributed by atoms with E-state index < -0.39 is 4.92 Å². The Morgan fingerprint density at radius 3 is 2.43 bits per heavy atom. The van der Waals surface area contributed by atoms with Crippen LogP contribution in [0.2, 0.25) is 5.02 Å². The third-order valence-electron chi connectivity index (χ3n) is 2.79. The van der Waals surface area contributed by atoms with E-state index in [0.29, 0.717) is 11.3 Å². The molecule has 1 amide bonds. The largest absolute Gasteiger partial charge is 0.450 e. The van der Waals surface area contributed by atoms with Crippen LogP contribution in [0.3, 0.4) is 0 Å². The van der Waals surface area contributed by atoms with Crippen molar-refractivity contribution >= 4 is 23.2 Å². The molecule has 0 heterocycles. The van der Waals surface area contributed by atoms with E-state index in [9.17, 15) is 14.9 Å². The molecule has 0 saturated heterocycles. The zero-order valence-electron chi connectivity index (χ0n) is 12.4. The Hall–Kier alpha value is -2.64. The lowest BCUT2D eigenvalue weighted by Crippen LogP contribution is -2.36. The predicted octanol–water partition coefficient (Wildman–Crippen LogP) is 3.25. The summed E-state index contributed by atoms with van der Waals surface area (Å²) in [4.78, 5) is 22.3. The van der Waals surface area contributed by atoms with Crippen molar-refractivity contribution in [2.45, 2.75) is 0 Å². The maximum atomic E-state index is 11.8. The van der Waals surface area contributed by atoms with Crippen LogP contribution in [0.15, 0.2) is 42.5 Å². The van der Waals surface area contributed by atoms with Crippen LogP contribution in [0.25, 0.3) is 0 Å². The predicted molar refractivity (Wildman–Crippen MR) is 85.8 cm³/mol. The molecule has 0 bridgehead atoms. The van der Waals surface area contributed by atoms with Gasteiger partial charge in [0.15, 0.2) is 0 Å². The first-order chi connectivity index (χ1) is 10.9. The van der Waals surface area contributed by atoms with Crippen molar-refractivity contribution in [3.8, 4) is 11.5 Å². The first-order valence-electron chi connectivity index (χ1n) is 6.57. The molecule has 0 aromatic heterocycles. The summed E-state index contributed by atoms with van der Waals surface area (Å²) in [5, 5.41) is 12.8. The van der Waals surface area contributed by atoms with Gasteiger partial charge in [0.05, 0.1) is 4.92 Å². The van der Waals surface area contributed by atoms with E-state index in [0.717, 1.165) is 0 Å². The fourth-order valence-corrected chi connectivity index (χ4v) is 1.95. The van der Waals surface area contributed by atoms with E-state index in [-0.39, 0.29) is 22.4 Å². The number of ether oxygens (including phenoxy) is 1. The Morgan fingerprint density at radius 2 is 1.87 bits per heavy atom. The second-order valence-electron chi connectivity index (χ2n) is 4.83. The highest BCUT2D eigenvalue weighted by Crippen LogP contribution is 2.33. The monoisotopic (exact) mass is 335 g/mol. The Morgan fingerprint density at radius 1 is 1.22 bits per heavy atom. The molecule has 2 aromatic rings. The van der Waals surface area contributed by atoms with Gasteiger partial charge in [-0.3, -0.25) is 20.3 Å². The number of nitro benzene ring substituents is 1. The third-order valence-corrected chi connectivity index (χ3v) is 3.02. The van der Waals surface area contributed by atoms with E-state index in [4.69, 9.17) is 16.3 Å². The van der Waals surface area contributed by atoms with Crippen LogP contribution in [-0.4, -0.2) is 29.9 Å². The molecular formula is C15H14ClN3O4. The van der Waals surface area contributed by atoms with Crippen molar-refractivity contribution < 1.29 is 14.5 Å². The Balaban J connectivity index is 2.19. The molecule has 0 atom stereocenters. The Labute approximate surface area is 137 Å². The molecule has 0 spiro atoms. The Kier molecular flexibility index (Phi) is 5.15. The van der Waals surface area contributed by atoms with Crippen molar-refractivity contribution in [3.05, 3.63) is 63.2 Å². The van der Waals surface area contributed by atoms with Gasteiger partial charge >= 0.3 is 5.69 Å². The summed E-state index contributed by atoms with van der Waals surface area (Å²) >= 11 is 5.75. The number of nitrogens with one attached hydrogen (secondary N) is 1. The van der Waals surface area contributed by atoms with Crippen molar-refractivity contribution in [2.75, 3.05) is 14.1 Å². The molecule has 0 saturated carbocycles. The summed E-state index contributed by atoms with van der Waals surface area (Å²) in [5.41, 5.74) is 2.82. The molecule has 7 nitrogen and oxygen atoms in total. The highest BCUT2D eigenvalue weighted by Gasteiger charge is 2.16. The number of carbonyl (C=O) groups is 1. The lowest BCUT2D eigenvalue weighted by atomic mass is 10.2. The highest BCUT2D eigenvalue weighted by molar-refractivity contribution is 6.30. The van der Waals surface area contributed by atoms with Crippen LogP contribution in [0.1, 0.15) is 10.4 Å². The van der Waals surface area contributed by atoms with Gasteiger partial charge in [0, 0.05) is 30.7 Å². The van der Waals surface area contributed by atoms with Crippen LogP contribution in [-0.2, 0) is 0 Å². The molecule has 0 radical (unpaired) electrons. The fourth-order valence-electron chi connectivity index (χ4n) is 1.79. The first kappa shape index (κ1) is 16.7. The lowest BCUT2D eigenvalue weighted by molar-refractivity contribution is -0.385. The van der Waals surface area contributed by atoms with Crippen molar-refractivity contribution in [1.29, 1.82) is 0 Å². The topological polar surface area (TPSA) is 84.7 Å². The summed E-state index contributed by atoms with van der Waals surface area (Å²) in [6.45, 7) is 0. The quantitative estimate of drug-likeness (QED) is 0.669. The van der Waals surface area contributed by atoms with E-state index in [1.165, 1.54) is 23.2 Å². The number of hydrogen-bond acceptors (Lipinski definition) is 5. The molecule has 0 aliphatic heterocycles. The van der Waals surface area contributed by atoms with Crippen molar-refractivity contribution in [1.82, 2.24) is 10.4 Å². The average Bonchev–Trinajstić information content (AvgIpc) is 2.49. The fraction of sp³-hybridized carbons (Fsp3) is 0.133. The molecule has 23 heavy (non-hydrogen) atoms. The molecule has 2 aromatic carbocycles. The highest BCUT2D eigenvalue weighted by atomic mass is 35.5. The number of nitro groups is 1. The maximum Gasteiger partial charge on any atom is 0.313 e. The zero-order valence-corrected chi connectivity index (χ0v) is 13.2. The van der Waals surface area contributed by atoms with E-state index in [1.54, 1.807) is 38.4 Å². The zero-order chi connectivity index (χ0) is 17.0. The van der Waals surface area contributed by atoms with Gasteiger partial charge in [-0.05, 0) is 36.4 Å². The van der Waals surface area contributed by atoms with Gasteiger partial charge < -0.3 is 4.74 Å². The maximum absolute atomic E-state index is 11.8. The van der Waals surface area contributed by atoms with Gasteiger partial charge in [0.25, 0.3) is 5.91 Å². The van der Waals surface area contributed by atoms with Gasteiger partial charge in [-0.15, -0.1) is 0 Å². The van der Waals surface area contributed by atoms with Crippen LogP contribution in [0.4, 0.5) is 5.69 Å². The van der Waals surface area contributed by atoms with E-state index >= 15 is 0 Å². The molecule has 2 rings (SSSR count).